The Morgan fingerprint density at radius 2 is 2.09 bits per heavy atom. The third kappa shape index (κ3) is 4.34. The normalized spacial score (nSPS) is 7.82. The number of rotatable bonds is 1. The number of aliphatic hydroxyl groups excluding tert-OH is 1. The molecule has 1 aromatic carbocycles. The van der Waals surface area contributed by atoms with Gasteiger partial charge in [-0.1, -0.05) is 6.92 Å². The topological polar surface area (TPSA) is 20.2 Å². The van der Waals surface area contributed by atoms with Crippen molar-refractivity contribution in [3.63, 3.8) is 0 Å². The van der Waals surface area contributed by atoms with Gasteiger partial charge in [0.25, 0.3) is 0 Å². The Balaban J connectivity index is 0. The van der Waals surface area contributed by atoms with Gasteiger partial charge in [0.15, 0.2) is 0 Å². The summed E-state index contributed by atoms with van der Waals surface area (Å²) in [5.74, 6) is 0. The van der Waals surface area contributed by atoms with Crippen LogP contribution >= 0.6 is 0 Å². The minimum absolute atomic E-state index is 0. The molecule has 0 unspecified atom stereocenters. The van der Waals surface area contributed by atoms with Gasteiger partial charge in [-0.15, -0.1) is 5.56 Å². The van der Waals surface area contributed by atoms with Crippen molar-refractivity contribution in [3.8, 4) is 0 Å². The van der Waals surface area contributed by atoms with E-state index in [9.17, 15) is 0 Å². The molecule has 60 valence electrons. The van der Waals surface area contributed by atoms with Gasteiger partial charge in [0.1, 0.15) is 0 Å². The van der Waals surface area contributed by atoms with Gasteiger partial charge in [0, 0.05) is 6.61 Å². The van der Waals surface area contributed by atoms with E-state index < -0.39 is 0 Å². The first-order valence-electron chi connectivity index (χ1n) is 2.91. The van der Waals surface area contributed by atoms with Gasteiger partial charge >= 0.3 is 21.1 Å². The van der Waals surface area contributed by atoms with Gasteiger partial charge in [-0.05, 0) is 0 Å². The molecule has 1 aromatic rings. The predicted molar refractivity (Wildman–Crippen MR) is 42.4 cm³/mol. The number of hydrogen-bond donors (Lipinski definition) is 1. The average Bonchev–Trinajstić information content (AvgIpc) is 1.90. The van der Waals surface area contributed by atoms with Crippen LogP contribution in [0, 0.1) is 20.4 Å². The van der Waals surface area contributed by atoms with Crippen LogP contribution in [0.15, 0.2) is 18.2 Å². The fourth-order valence-electron chi connectivity index (χ4n) is 0.633. The van der Waals surface area contributed by atoms with Gasteiger partial charge in [-0.25, -0.2) is 0 Å². The standard InChI is InChI=1S/C8H9O.CH3.W/c1-7-2-4-8(6-9)5-3-7;;/h2-4,9H,6H2,1H3;1H3;/q2*-1;+2. The fraction of sp³-hybridized carbons (Fsp3) is 0.222. The molecule has 0 fully saturated rings. The van der Waals surface area contributed by atoms with Crippen LogP contribution in [0.1, 0.15) is 11.1 Å². The molecular weight excluding hydrogens is 308 g/mol. The number of benzene rings is 1. The Kier molecular flexibility index (Phi) is 8.04. The minimum atomic E-state index is 0. The van der Waals surface area contributed by atoms with E-state index in [4.69, 9.17) is 5.11 Å². The van der Waals surface area contributed by atoms with Crippen molar-refractivity contribution in [2.75, 3.05) is 0 Å². The second kappa shape index (κ2) is 6.57. The zero-order chi connectivity index (χ0) is 6.69. The maximum Gasteiger partial charge on any atom is 2.00 e. The molecule has 0 amide bonds. The van der Waals surface area contributed by atoms with Crippen molar-refractivity contribution in [1.29, 1.82) is 0 Å². The summed E-state index contributed by atoms with van der Waals surface area (Å²) in [6.45, 7) is 2.08. The zero-order valence-corrected chi connectivity index (χ0v) is 9.73. The first-order chi connectivity index (χ1) is 4.33. The maximum absolute atomic E-state index is 8.60. The first kappa shape index (κ1) is 13.5. The van der Waals surface area contributed by atoms with E-state index in [1.54, 1.807) is 0 Å². The van der Waals surface area contributed by atoms with Gasteiger partial charge < -0.3 is 12.5 Å². The molecule has 1 nitrogen and oxygen atoms in total. The second-order valence-electron chi connectivity index (χ2n) is 2.05. The Bertz CT molecular complexity index is 181. The van der Waals surface area contributed by atoms with Gasteiger partial charge in [0.2, 0.25) is 0 Å². The molecule has 0 saturated carbocycles. The smallest absolute Gasteiger partial charge is 0.394 e. The van der Waals surface area contributed by atoms with E-state index in [0.717, 1.165) is 5.56 Å². The number of aryl methyl sites for hydroxylation is 1. The molecular formula is C9H12OW. The van der Waals surface area contributed by atoms with Crippen molar-refractivity contribution < 1.29 is 26.2 Å². The largest absolute Gasteiger partial charge is 2.00 e. The molecule has 0 radical (unpaired) electrons. The van der Waals surface area contributed by atoms with Gasteiger partial charge in [-0.2, -0.15) is 29.8 Å². The molecule has 0 aliphatic carbocycles. The quantitative estimate of drug-likeness (QED) is 0.782. The van der Waals surface area contributed by atoms with Crippen molar-refractivity contribution >= 4 is 0 Å². The summed E-state index contributed by atoms with van der Waals surface area (Å²) in [4.78, 5) is 0. The Morgan fingerprint density at radius 3 is 2.45 bits per heavy atom. The molecule has 0 bridgehead atoms. The van der Waals surface area contributed by atoms with Crippen LogP contribution in [0.5, 0.6) is 0 Å². The summed E-state index contributed by atoms with van der Waals surface area (Å²) in [5, 5.41) is 8.60. The van der Waals surface area contributed by atoms with E-state index in [-0.39, 0.29) is 35.1 Å². The Morgan fingerprint density at radius 1 is 1.45 bits per heavy atom. The van der Waals surface area contributed by atoms with Crippen LogP contribution in [0.2, 0.25) is 0 Å². The molecule has 0 aliphatic rings. The van der Waals surface area contributed by atoms with Crippen LogP contribution in [-0.2, 0) is 27.7 Å². The molecule has 0 aliphatic heterocycles. The van der Waals surface area contributed by atoms with Crippen LogP contribution in [0.25, 0.3) is 0 Å². The van der Waals surface area contributed by atoms with E-state index in [0.29, 0.717) is 0 Å². The molecule has 0 heterocycles. The molecule has 1 rings (SSSR count). The monoisotopic (exact) mass is 320 g/mol. The zero-order valence-electron chi connectivity index (χ0n) is 6.79. The third-order valence-electron chi connectivity index (χ3n) is 1.20. The van der Waals surface area contributed by atoms with Crippen LogP contribution in [0.4, 0.5) is 0 Å². The van der Waals surface area contributed by atoms with E-state index in [2.05, 4.69) is 6.07 Å². The second-order valence-corrected chi connectivity index (χ2v) is 2.05. The number of hydrogen-bond acceptors (Lipinski definition) is 1. The van der Waals surface area contributed by atoms with Crippen LogP contribution in [-0.4, -0.2) is 5.11 Å². The Labute approximate surface area is 82.7 Å². The van der Waals surface area contributed by atoms with Gasteiger partial charge in [-0.3, -0.25) is 0 Å². The third-order valence-corrected chi connectivity index (χ3v) is 1.20. The molecule has 0 atom stereocenters. The minimum Gasteiger partial charge on any atom is -0.394 e. The average molecular weight is 320 g/mol. The summed E-state index contributed by atoms with van der Waals surface area (Å²) in [5.41, 5.74) is 2.02. The predicted octanol–water partition coefficient (Wildman–Crippen LogP) is 1.74. The summed E-state index contributed by atoms with van der Waals surface area (Å²) in [6, 6.07) is 8.63. The van der Waals surface area contributed by atoms with E-state index >= 15 is 0 Å². The SMILES string of the molecule is Cc1c[c-]c(CO)cc1.[CH3-].[W+2]. The molecule has 1 N–H and O–H groups in total. The molecule has 11 heavy (non-hydrogen) atoms. The molecule has 0 aromatic heterocycles. The number of aliphatic hydroxyl groups is 1. The molecule has 0 saturated heterocycles. The summed E-state index contributed by atoms with van der Waals surface area (Å²) >= 11 is 0. The maximum atomic E-state index is 8.60. The molecule has 0 spiro atoms. The summed E-state index contributed by atoms with van der Waals surface area (Å²) < 4.78 is 0. The van der Waals surface area contributed by atoms with Crippen LogP contribution < -0.4 is 0 Å². The summed E-state index contributed by atoms with van der Waals surface area (Å²) in [7, 11) is 0. The van der Waals surface area contributed by atoms with Crippen molar-refractivity contribution in [1.82, 2.24) is 0 Å². The summed E-state index contributed by atoms with van der Waals surface area (Å²) in [6.07, 6.45) is 0. The van der Waals surface area contributed by atoms with Gasteiger partial charge in [0.05, 0.1) is 0 Å². The fourth-order valence-corrected chi connectivity index (χ4v) is 0.633. The first-order valence-corrected chi connectivity index (χ1v) is 2.91. The van der Waals surface area contributed by atoms with Crippen LogP contribution in [0.3, 0.4) is 0 Å². The van der Waals surface area contributed by atoms with Crippen molar-refractivity contribution in [2.45, 2.75) is 13.5 Å². The molecule has 2 heteroatoms. The van der Waals surface area contributed by atoms with E-state index in [1.807, 2.05) is 25.1 Å². The van der Waals surface area contributed by atoms with Crippen molar-refractivity contribution in [2.24, 2.45) is 0 Å². The Hall–Kier alpha value is -0.132. The van der Waals surface area contributed by atoms with Crippen molar-refractivity contribution in [3.05, 3.63) is 42.8 Å². The van der Waals surface area contributed by atoms with E-state index in [1.165, 1.54) is 5.56 Å².